The number of ether oxygens (including phenoxy) is 1. The Morgan fingerprint density at radius 3 is 2.47 bits per heavy atom. The van der Waals surface area contributed by atoms with E-state index < -0.39 is 9.84 Å². The van der Waals surface area contributed by atoms with Gasteiger partial charge in [0, 0.05) is 30.6 Å². The summed E-state index contributed by atoms with van der Waals surface area (Å²) in [5.41, 5.74) is 1.16. The number of sulfone groups is 1. The van der Waals surface area contributed by atoms with Crippen molar-refractivity contribution < 1.29 is 17.9 Å². The zero-order valence-electron chi connectivity index (χ0n) is 18.1. The molecule has 1 amide bonds. The van der Waals surface area contributed by atoms with E-state index in [1.807, 2.05) is 27.7 Å². The summed E-state index contributed by atoms with van der Waals surface area (Å²) < 4.78 is 33.1. The van der Waals surface area contributed by atoms with E-state index in [9.17, 15) is 13.2 Å². The molecule has 0 fully saturated rings. The van der Waals surface area contributed by atoms with Gasteiger partial charge in [-0.2, -0.15) is 0 Å². The molecule has 166 valence electrons. The van der Waals surface area contributed by atoms with E-state index in [1.54, 1.807) is 40.8 Å². The lowest BCUT2D eigenvalue weighted by molar-refractivity contribution is -0.137. The molecule has 0 aliphatic heterocycles. The van der Waals surface area contributed by atoms with Gasteiger partial charge in [0.05, 0.1) is 30.8 Å². The minimum atomic E-state index is -3.76. The van der Waals surface area contributed by atoms with Gasteiger partial charge in [-0.15, -0.1) is 0 Å². The average Bonchev–Trinajstić information content (AvgIpc) is 3.08. The van der Waals surface area contributed by atoms with Crippen LogP contribution in [0.15, 0.2) is 35.6 Å². The quantitative estimate of drug-likeness (QED) is 0.547. The van der Waals surface area contributed by atoms with Gasteiger partial charge in [0.1, 0.15) is 0 Å². The topological polar surface area (TPSA) is 81.5 Å². The van der Waals surface area contributed by atoms with Crippen LogP contribution in [0.1, 0.15) is 39.0 Å². The SMILES string of the molecule is COCCn1c(CN(C(=O)C(C)C)C(C)C)cnc1S(=O)(=O)Cc1ccccc1Cl. The number of nitrogens with zero attached hydrogens (tertiary/aromatic N) is 3. The maximum atomic E-state index is 13.1. The average molecular weight is 456 g/mol. The summed E-state index contributed by atoms with van der Waals surface area (Å²) >= 11 is 6.16. The number of benzene rings is 1. The molecule has 0 bridgehead atoms. The predicted octanol–water partition coefficient (Wildman–Crippen LogP) is 3.55. The van der Waals surface area contributed by atoms with Gasteiger partial charge in [0.15, 0.2) is 0 Å². The molecule has 0 unspecified atom stereocenters. The largest absolute Gasteiger partial charge is 0.383 e. The van der Waals surface area contributed by atoms with E-state index in [2.05, 4.69) is 4.98 Å². The third-order valence-electron chi connectivity index (χ3n) is 4.73. The van der Waals surface area contributed by atoms with Crippen LogP contribution < -0.4 is 0 Å². The Morgan fingerprint density at radius 2 is 1.90 bits per heavy atom. The Bertz CT molecular complexity index is 970. The molecule has 2 rings (SSSR count). The van der Waals surface area contributed by atoms with Gasteiger partial charge in [-0.3, -0.25) is 4.79 Å². The van der Waals surface area contributed by atoms with Crippen molar-refractivity contribution in [2.45, 2.75) is 57.7 Å². The first kappa shape index (κ1) is 24.4. The molecule has 7 nitrogen and oxygen atoms in total. The highest BCUT2D eigenvalue weighted by Crippen LogP contribution is 2.23. The van der Waals surface area contributed by atoms with E-state index in [0.29, 0.717) is 29.4 Å². The summed E-state index contributed by atoms with van der Waals surface area (Å²) in [7, 11) is -2.21. The van der Waals surface area contributed by atoms with E-state index >= 15 is 0 Å². The smallest absolute Gasteiger partial charge is 0.228 e. The molecular formula is C21H30ClN3O4S. The fraction of sp³-hybridized carbons (Fsp3) is 0.524. The van der Waals surface area contributed by atoms with Crippen molar-refractivity contribution in [3.05, 3.63) is 46.7 Å². The lowest BCUT2D eigenvalue weighted by Gasteiger charge is -2.29. The second-order valence-corrected chi connectivity index (χ2v) is 10.0. The van der Waals surface area contributed by atoms with Gasteiger partial charge in [-0.05, 0) is 25.5 Å². The molecule has 1 heterocycles. The van der Waals surface area contributed by atoms with E-state index in [0.717, 1.165) is 0 Å². The number of amides is 1. The summed E-state index contributed by atoms with van der Waals surface area (Å²) in [6.07, 6.45) is 1.53. The lowest BCUT2D eigenvalue weighted by atomic mass is 10.1. The van der Waals surface area contributed by atoms with Crippen LogP contribution in [0.5, 0.6) is 0 Å². The van der Waals surface area contributed by atoms with Gasteiger partial charge in [0.25, 0.3) is 0 Å². The van der Waals surface area contributed by atoms with Gasteiger partial charge >= 0.3 is 0 Å². The maximum Gasteiger partial charge on any atom is 0.228 e. The van der Waals surface area contributed by atoms with Crippen molar-refractivity contribution in [3.8, 4) is 0 Å². The molecule has 0 aliphatic rings. The van der Waals surface area contributed by atoms with Crippen molar-refractivity contribution in [1.82, 2.24) is 14.5 Å². The molecule has 9 heteroatoms. The van der Waals surface area contributed by atoms with Crippen LogP contribution in [0.4, 0.5) is 0 Å². The summed E-state index contributed by atoms with van der Waals surface area (Å²) in [5, 5.41) is 0.347. The van der Waals surface area contributed by atoms with Gasteiger partial charge in [-0.1, -0.05) is 43.6 Å². The minimum Gasteiger partial charge on any atom is -0.383 e. The summed E-state index contributed by atoms with van der Waals surface area (Å²) in [6.45, 7) is 8.46. The normalized spacial score (nSPS) is 12.0. The molecule has 0 aliphatic carbocycles. The van der Waals surface area contributed by atoms with Crippen LogP contribution in [0.25, 0.3) is 0 Å². The van der Waals surface area contributed by atoms with Gasteiger partial charge in [0.2, 0.25) is 20.9 Å². The Hall–Kier alpha value is -1.90. The number of methoxy groups -OCH3 is 1. The zero-order valence-corrected chi connectivity index (χ0v) is 19.7. The van der Waals surface area contributed by atoms with Crippen molar-refractivity contribution in [3.63, 3.8) is 0 Å². The van der Waals surface area contributed by atoms with Crippen LogP contribution in [-0.2, 0) is 38.2 Å². The third-order valence-corrected chi connectivity index (χ3v) is 6.68. The maximum absolute atomic E-state index is 13.1. The Morgan fingerprint density at radius 1 is 1.23 bits per heavy atom. The first-order valence-corrected chi connectivity index (χ1v) is 11.9. The highest BCUT2D eigenvalue weighted by atomic mass is 35.5. The Kier molecular flexibility index (Phi) is 8.46. The number of imidazole rings is 1. The van der Waals surface area contributed by atoms with E-state index in [4.69, 9.17) is 16.3 Å². The van der Waals surface area contributed by atoms with E-state index in [1.165, 1.54) is 6.20 Å². The lowest BCUT2D eigenvalue weighted by Crippen LogP contribution is -2.39. The Balaban J connectivity index is 2.43. The molecule has 0 saturated heterocycles. The Labute approximate surface area is 183 Å². The van der Waals surface area contributed by atoms with Crippen molar-refractivity contribution in [2.24, 2.45) is 5.92 Å². The van der Waals surface area contributed by atoms with Crippen LogP contribution in [0, 0.1) is 5.92 Å². The van der Waals surface area contributed by atoms with Crippen molar-refractivity contribution >= 4 is 27.3 Å². The number of halogens is 1. The third kappa shape index (κ3) is 5.83. The summed E-state index contributed by atoms with van der Waals surface area (Å²) in [6, 6.07) is 6.81. The molecule has 0 atom stereocenters. The van der Waals surface area contributed by atoms with Crippen molar-refractivity contribution in [2.75, 3.05) is 13.7 Å². The molecule has 0 N–H and O–H groups in total. The number of carbonyl (C=O) groups is 1. The van der Waals surface area contributed by atoms with Crippen LogP contribution in [0.3, 0.4) is 0 Å². The summed E-state index contributed by atoms with van der Waals surface area (Å²) in [5.74, 6) is -0.411. The molecule has 0 radical (unpaired) electrons. The second-order valence-electron chi connectivity index (χ2n) is 7.74. The molecule has 1 aromatic carbocycles. The van der Waals surface area contributed by atoms with Crippen LogP contribution in [0.2, 0.25) is 5.02 Å². The second kappa shape index (κ2) is 10.4. The molecule has 0 saturated carbocycles. The fourth-order valence-corrected chi connectivity index (χ4v) is 4.92. The van der Waals surface area contributed by atoms with Gasteiger partial charge < -0.3 is 14.2 Å². The predicted molar refractivity (Wildman–Crippen MR) is 117 cm³/mol. The number of carbonyl (C=O) groups excluding carboxylic acids is 1. The molecule has 0 spiro atoms. The molecule has 30 heavy (non-hydrogen) atoms. The van der Waals surface area contributed by atoms with Crippen LogP contribution >= 0.6 is 11.6 Å². The number of hydrogen-bond donors (Lipinski definition) is 0. The first-order valence-electron chi connectivity index (χ1n) is 9.88. The molecular weight excluding hydrogens is 426 g/mol. The standard InChI is InChI=1S/C21H30ClN3O4S/c1-15(2)20(26)25(16(3)4)13-18-12-23-21(24(18)10-11-29-5)30(27,28)14-17-8-6-7-9-19(17)22/h6-9,12,15-16H,10-11,13-14H2,1-5H3. The van der Waals surface area contributed by atoms with Gasteiger partial charge in [-0.25, -0.2) is 13.4 Å². The number of rotatable bonds is 10. The highest BCUT2D eigenvalue weighted by Gasteiger charge is 2.27. The highest BCUT2D eigenvalue weighted by molar-refractivity contribution is 7.90. The zero-order chi connectivity index (χ0) is 22.5. The fourth-order valence-electron chi connectivity index (χ4n) is 3.09. The first-order chi connectivity index (χ1) is 14.1. The molecule has 2 aromatic rings. The summed E-state index contributed by atoms with van der Waals surface area (Å²) in [4.78, 5) is 18.6. The molecule has 1 aromatic heterocycles. The number of aromatic nitrogens is 2. The number of hydrogen-bond acceptors (Lipinski definition) is 5. The minimum absolute atomic E-state index is 0.00460. The van der Waals surface area contributed by atoms with Crippen molar-refractivity contribution in [1.29, 1.82) is 0 Å². The van der Waals surface area contributed by atoms with E-state index in [-0.39, 0.29) is 35.3 Å². The van der Waals surface area contributed by atoms with Crippen LogP contribution in [-0.4, -0.2) is 48.5 Å². The monoisotopic (exact) mass is 455 g/mol.